The monoisotopic (exact) mass is 491 g/mol. The minimum Gasteiger partial charge on any atom is -0.326 e. The number of hydrogen-bond donors (Lipinski definition) is 2. The first-order valence-corrected chi connectivity index (χ1v) is 11.7. The van der Waals surface area contributed by atoms with E-state index in [-0.39, 0.29) is 24.0 Å². The van der Waals surface area contributed by atoms with Crippen molar-refractivity contribution in [3.63, 3.8) is 0 Å². The Hall–Kier alpha value is -2.55. The molecule has 0 unspecified atom stereocenters. The molecule has 0 saturated carbocycles. The Labute approximate surface area is 200 Å². The van der Waals surface area contributed by atoms with Crippen LogP contribution in [0.25, 0.3) is 0 Å². The molecule has 0 radical (unpaired) electrons. The van der Waals surface area contributed by atoms with Crippen LogP contribution in [0.1, 0.15) is 23.9 Å². The van der Waals surface area contributed by atoms with Crippen LogP contribution in [0.3, 0.4) is 0 Å². The van der Waals surface area contributed by atoms with Gasteiger partial charge in [-0.2, -0.15) is 0 Å². The molecule has 0 saturated heterocycles. The van der Waals surface area contributed by atoms with E-state index in [1.807, 2.05) is 43.5 Å². The molecule has 2 N–H and O–H groups in total. The third-order valence-corrected chi connectivity index (χ3v) is 6.27. The first-order valence-electron chi connectivity index (χ1n) is 9.93. The van der Waals surface area contributed by atoms with Gasteiger partial charge < -0.3 is 15.2 Å². The van der Waals surface area contributed by atoms with Gasteiger partial charge in [0.15, 0.2) is 5.16 Å². The van der Waals surface area contributed by atoms with E-state index in [4.69, 9.17) is 23.2 Å². The molecule has 0 fully saturated rings. The second-order valence-corrected chi connectivity index (χ2v) is 8.91. The van der Waals surface area contributed by atoms with Crippen molar-refractivity contribution in [3.8, 4) is 0 Å². The fraction of sp³-hybridized carbons (Fsp3) is 0.273. The SMILES string of the molecule is CCn1c(CC(=O)Nc2ccc(C)c(C)c2)nnc1SCC(=O)Nc1ccc(Cl)cc1Cl. The molecule has 0 bridgehead atoms. The highest BCUT2D eigenvalue weighted by atomic mass is 35.5. The van der Waals surface area contributed by atoms with E-state index in [1.54, 1.807) is 18.2 Å². The Bertz CT molecular complexity index is 1150. The lowest BCUT2D eigenvalue weighted by molar-refractivity contribution is -0.116. The second kappa shape index (κ2) is 10.8. The maximum absolute atomic E-state index is 12.5. The van der Waals surface area contributed by atoms with E-state index >= 15 is 0 Å². The van der Waals surface area contributed by atoms with Gasteiger partial charge >= 0.3 is 0 Å². The summed E-state index contributed by atoms with van der Waals surface area (Å²) in [7, 11) is 0. The van der Waals surface area contributed by atoms with Gasteiger partial charge in [0.25, 0.3) is 0 Å². The zero-order chi connectivity index (χ0) is 23.3. The number of rotatable bonds is 8. The fourth-order valence-corrected chi connectivity index (χ4v) is 4.23. The molecule has 0 aliphatic carbocycles. The molecule has 7 nitrogen and oxygen atoms in total. The molecular formula is C22H23Cl2N5O2S. The van der Waals surface area contributed by atoms with Crippen molar-refractivity contribution >= 4 is 58.2 Å². The number of benzene rings is 2. The van der Waals surface area contributed by atoms with Crippen LogP contribution in [0.2, 0.25) is 10.0 Å². The largest absolute Gasteiger partial charge is 0.326 e. The summed E-state index contributed by atoms with van der Waals surface area (Å²) < 4.78 is 1.83. The van der Waals surface area contributed by atoms with Crippen molar-refractivity contribution < 1.29 is 9.59 Å². The first kappa shape index (κ1) is 24.1. The van der Waals surface area contributed by atoms with Crippen LogP contribution in [-0.2, 0) is 22.6 Å². The molecule has 32 heavy (non-hydrogen) atoms. The molecule has 3 aromatic rings. The third kappa shape index (κ3) is 6.25. The lowest BCUT2D eigenvalue weighted by Gasteiger charge is -2.10. The van der Waals surface area contributed by atoms with E-state index in [9.17, 15) is 9.59 Å². The minimum atomic E-state index is -0.237. The van der Waals surface area contributed by atoms with E-state index < -0.39 is 0 Å². The zero-order valence-electron chi connectivity index (χ0n) is 17.9. The highest BCUT2D eigenvalue weighted by Gasteiger charge is 2.16. The van der Waals surface area contributed by atoms with E-state index in [1.165, 1.54) is 11.8 Å². The highest BCUT2D eigenvalue weighted by molar-refractivity contribution is 7.99. The molecule has 1 heterocycles. The molecule has 2 aromatic carbocycles. The Morgan fingerprint density at radius 3 is 2.47 bits per heavy atom. The lowest BCUT2D eigenvalue weighted by Crippen LogP contribution is -2.18. The van der Waals surface area contributed by atoms with E-state index in [0.717, 1.165) is 16.8 Å². The van der Waals surface area contributed by atoms with Gasteiger partial charge in [0.05, 0.1) is 22.9 Å². The Balaban J connectivity index is 1.59. The summed E-state index contributed by atoms with van der Waals surface area (Å²) in [4.78, 5) is 24.8. The predicted molar refractivity (Wildman–Crippen MR) is 130 cm³/mol. The summed E-state index contributed by atoms with van der Waals surface area (Å²) >= 11 is 13.2. The average molecular weight is 492 g/mol. The minimum absolute atomic E-state index is 0.0842. The molecule has 0 spiro atoms. The van der Waals surface area contributed by atoms with E-state index in [0.29, 0.717) is 33.3 Å². The molecule has 2 amide bonds. The summed E-state index contributed by atoms with van der Waals surface area (Å²) in [6.45, 7) is 6.53. The van der Waals surface area contributed by atoms with Crippen molar-refractivity contribution in [2.24, 2.45) is 0 Å². The number of carbonyl (C=O) groups excluding carboxylic acids is 2. The van der Waals surface area contributed by atoms with Crippen LogP contribution < -0.4 is 10.6 Å². The molecule has 3 rings (SSSR count). The molecule has 0 atom stereocenters. The van der Waals surface area contributed by atoms with Gasteiger partial charge in [-0.1, -0.05) is 41.0 Å². The molecule has 0 aliphatic rings. The number of nitrogens with zero attached hydrogens (tertiary/aromatic N) is 3. The Morgan fingerprint density at radius 2 is 1.78 bits per heavy atom. The Morgan fingerprint density at radius 1 is 1.00 bits per heavy atom. The second-order valence-electron chi connectivity index (χ2n) is 7.13. The first-order chi connectivity index (χ1) is 15.3. The van der Waals surface area contributed by atoms with Crippen LogP contribution in [0.15, 0.2) is 41.6 Å². The predicted octanol–water partition coefficient (Wildman–Crippen LogP) is 5.13. The fourth-order valence-electron chi connectivity index (χ4n) is 2.95. The van der Waals surface area contributed by atoms with Crippen molar-refractivity contribution in [2.75, 3.05) is 16.4 Å². The summed E-state index contributed by atoms with van der Waals surface area (Å²) in [6, 6.07) is 10.6. The average Bonchev–Trinajstić information content (AvgIpc) is 3.12. The molecular weight excluding hydrogens is 469 g/mol. The van der Waals surface area contributed by atoms with Crippen molar-refractivity contribution in [2.45, 2.75) is 38.9 Å². The summed E-state index contributed by atoms with van der Waals surface area (Å²) in [6.07, 6.45) is 0.0842. The van der Waals surface area contributed by atoms with Gasteiger partial charge in [-0.15, -0.1) is 10.2 Å². The maximum Gasteiger partial charge on any atom is 0.234 e. The number of aryl methyl sites for hydroxylation is 2. The number of amides is 2. The number of anilines is 2. The summed E-state index contributed by atoms with van der Waals surface area (Å²) in [5.74, 6) is 0.241. The normalized spacial score (nSPS) is 10.8. The zero-order valence-corrected chi connectivity index (χ0v) is 20.2. The standard InChI is InChI=1S/C22H23Cl2N5O2S/c1-4-29-19(11-20(30)25-16-7-5-13(2)14(3)9-16)27-28-22(29)32-12-21(31)26-18-8-6-15(23)10-17(18)24/h5-10H,4,11-12H2,1-3H3,(H,25,30)(H,26,31). The number of thioether (sulfide) groups is 1. The van der Waals surface area contributed by atoms with Gasteiger partial charge in [-0.25, -0.2) is 0 Å². The van der Waals surface area contributed by atoms with Crippen LogP contribution >= 0.6 is 35.0 Å². The van der Waals surface area contributed by atoms with Crippen LogP contribution in [0, 0.1) is 13.8 Å². The molecule has 0 aliphatic heterocycles. The molecule has 1 aromatic heterocycles. The molecule has 10 heteroatoms. The van der Waals surface area contributed by atoms with Gasteiger partial charge in [0.1, 0.15) is 5.82 Å². The summed E-state index contributed by atoms with van der Waals surface area (Å²) in [5, 5.41) is 15.4. The van der Waals surface area contributed by atoms with Crippen LogP contribution in [0.4, 0.5) is 11.4 Å². The number of carbonyl (C=O) groups is 2. The van der Waals surface area contributed by atoms with Crippen molar-refractivity contribution in [1.29, 1.82) is 0 Å². The number of halogens is 2. The van der Waals surface area contributed by atoms with Crippen molar-refractivity contribution in [1.82, 2.24) is 14.8 Å². The highest BCUT2D eigenvalue weighted by Crippen LogP contribution is 2.26. The number of nitrogens with one attached hydrogen (secondary N) is 2. The lowest BCUT2D eigenvalue weighted by atomic mass is 10.1. The topological polar surface area (TPSA) is 88.9 Å². The van der Waals surface area contributed by atoms with Crippen LogP contribution in [0.5, 0.6) is 0 Å². The number of hydrogen-bond acceptors (Lipinski definition) is 5. The van der Waals surface area contributed by atoms with Gasteiger partial charge in [0.2, 0.25) is 11.8 Å². The summed E-state index contributed by atoms with van der Waals surface area (Å²) in [5.41, 5.74) is 3.50. The number of aromatic nitrogens is 3. The quantitative estimate of drug-likeness (QED) is 0.426. The Kier molecular flexibility index (Phi) is 8.17. The molecule has 168 valence electrons. The van der Waals surface area contributed by atoms with E-state index in [2.05, 4.69) is 20.8 Å². The van der Waals surface area contributed by atoms with Gasteiger partial charge in [0, 0.05) is 17.3 Å². The maximum atomic E-state index is 12.5. The van der Waals surface area contributed by atoms with Crippen molar-refractivity contribution in [3.05, 3.63) is 63.4 Å². The van der Waals surface area contributed by atoms with Gasteiger partial charge in [-0.3, -0.25) is 9.59 Å². The smallest absolute Gasteiger partial charge is 0.234 e. The van der Waals surface area contributed by atoms with Crippen LogP contribution in [-0.4, -0.2) is 32.3 Å². The third-order valence-electron chi connectivity index (χ3n) is 4.76. The van der Waals surface area contributed by atoms with Gasteiger partial charge in [-0.05, 0) is 62.2 Å².